The molecule has 0 aliphatic heterocycles. The molecule has 0 atom stereocenters. The fraction of sp³-hybridized carbons (Fsp3) is 0.333. The van der Waals surface area contributed by atoms with Gasteiger partial charge in [0, 0.05) is 5.92 Å². The minimum absolute atomic E-state index is 0.273. The topological polar surface area (TPSA) is 60.9 Å². The summed E-state index contributed by atoms with van der Waals surface area (Å²) in [6.45, 7) is 0. The van der Waals surface area contributed by atoms with Crippen molar-refractivity contribution in [3.05, 3.63) is 48.4 Å². The number of fused-ring (bicyclic) bond motifs is 3. The molecule has 126 valence electrons. The van der Waals surface area contributed by atoms with Crippen molar-refractivity contribution in [2.24, 2.45) is 0 Å². The van der Waals surface area contributed by atoms with Gasteiger partial charge >= 0.3 is 0 Å². The van der Waals surface area contributed by atoms with Crippen LogP contribution in [0.1, 0.15) is 43.8 Å². The fourth-order valence-electron chi connectivity index (χ4n) is 3.64. The maximum Gasteiger partial charge on any atom is 0.170 e. The molecule has 3 aromatic heterocycles. The number of rotatable bonds is 2. The molecule has 3 heterocycles. The van der Waals surface area contributed by atoms with Gasteiger partial charge in [0.05, 0.1) is 17.3 Å². The molecule has 1 aliphatic carbocycles. The molecule has 7 heteroatoms. The molecule has 25 heavy (non-hydrogen) atoms. The van der Waals surface area contributed by atoms with Crippen molar-refractivity contribution in [1.82, 2.24) is 29.4 Å². The van der Waals surface area contributed by atoms with Crippen LogP contribution in [0.3, 0.4) is 0 Å². The Morgan fingerprint density at radius 1 is 1.00 bits per heavy atom. The second-order valence-corrected chi connectivity index (χ2v) is 6.59. The minimum Gasteiger partial charge on any atom is -0.216 e. The lowest BCUT2D eigenvalue weighted by Gasteiger charge is -2.17. The van der Waals surface area contributed by atoms with Crippen LogP contribution in [0.5, 0.6) is 0 Å². The van der Waals surface area contributed by atoms with Gasteiger partial charge in [-0.1, -0.05) is 19.3 Å². The highest BCUT2D eigenvalue weighted by Gasteiger charge is 2.21. The quantitative estimate of drug-likeness (QED) is 0.560. The number of hydrogen-bond acceptors (Lipinski definition) is 4. The number of hydrogen-bond donors (Lipinski definition) is 0. The zero-order chi connectivity index (χ0) is 16.8. The second kappa shape index (κ2) is 5.61. The minimum atomic E-state index is -0.273. The van der Waals surface area contributed by atoms with Gasteiger partial charge in [-0.15, -0.1) is 5.10 Å². The Hall–Kier alpha value is -2.83. The molecule has 0 radical (unpaired) electrons. The lowest BCUT2D eigenvalue weighted by Crippen LogP contribution is -2.06. The summed E-state index contributed by atoms with van der Waals surface area (Å²) in [6.07, 6.45) is 9.54. The van der Waals surface area contributed by atoms with E-state index in [-0.39, 0.29) is 5.82 Å². The summed E-state index contributed by atoms with van der Waals surface area (Å²) in [5.74, 6) is 1.07. The van der Waals surface area contributed by atoms with Gasteiger partial charge in [0.1, 0.15) is 12.1 Å². The van der Waals surface area contributed by atoms with Gasteiger partial charge in [-0.05, 0) is 37.1 Å². The summed E-state index contributed by atoms with van der Waals surface area (Å²) in [6, 6.07) is 6.20. The van der Waals surface area contributed by atoms with E-state index >= 15 is 0 Å². The Kier molecular flexibility index (Phi) is 3.26. The van der Waals surface area contributed by atoms with E-state index in [0.29, 0.717) is 11.6 Å². The number of benzene rings is 1. The van der Waals surface area contributed by atoms with E-state index in [2.05, 4.69) is 15.2 Å². The molecule has 5 rings (SSSR count). The molecule has 0 spiro atoms. The van der Waals surface area contributed by atoms with Crippen LogP contribution in [-0.2, 0) is 0 Å². The molecule has 4 aromatic rings. The first-order chi connectivity index (χ1) is 12.3. The first kappa shape index (κ1) is 14.5. The van der Waals surface area contributed by atoms with Crippen molar-refractivity contribution in [1.29, 1.82) is 0 Å². The third-order valence-corrected chi connectivity index (χ3v) is 4.96. The normalized spacial score (nSPS) is 16.0. The highest BCUT2D eigenvalue weighted by atomic mass is 19.1. The van der Waals surface area contributed by atoms with Gasteiger partial charge in [-0.2, -0.15) is 5.10 Å². The number of nitrogens with zero attached hydrogens (tertiary/aromatic N) is 6. The van der Waals surface area contributed by atoms with Gasteiger partial charge in [0.15, 0.2) is 17.1 Å². The first-order valence-corrected chi connectivity index (χ1v) is 8.64. The first-order valence-electron chi connectivity index (χ1n) is 8.64. The van der Waals surface area contributed by atoms with Crippen LogP contribution >= 0.6 is 0 Å². The molecule has 1 aromatic carbocycles. The van der Waals surface area contributed by atoms with Gasteiger partial charge in [0.2, 0.25) is 0 Å². The zero-order valence-corrected chi connectivity index (χ0v) is 13.6. The highest BCUT2D eigenvalue weighted by molar-refractivity contribution is 5.89. The summed E-state index contributed by atoms with van der Waals surface area (Å²) in [4.78, 5) is 9.28. The second-order valence-electron chi connectivity index (χ2n) is 6.59. The van der Waals surface area contributed by atoms with Gasteiger partial charge in [-0.3, -0.25) is 0 Å². The van der Waals surface area contributed by atoms with Crippen LogP contribution in [0.25, 0.3) is 22.4 Å². The van der Waals surface area contributed by atoms with E-state index in [1.807, 2.05) is 0 Å². The predicted octanol–water partition coefficient (Wildman–Crippen LogP) is 3.65. The largest absolute Gasteiger partial charge is 0.216 e. The Labute approximate surface area is 143 Å². The number of aromatic nitrogens is 6. The van der Waals surface area contributed by atoms with Crippen LogP contribution in [-0.4, -0.2) is 29.4 Å². The molecule has 0 unspecified atom stereocenters. The lowest BCUT2D eigenvalue weighted by molar-refractivity contribution is 0.429. The van der Waals surface area contributed by atoms with Crippen molar-refractivity contribution >= 4 is 16.7 Å². The molecule has 1 fully saturated rings. The molecular formula is C18H17FN6. The van der Waals surface area contributed by atoms with E-state index in [1.54, 1.807) is 33.9 Å². The Morgan fingerprint density at radius 3 is 2.60 bits per heavy atom. The zero-order valence-electron chi connectivity index (χ0n) is 13.6. The summed E-state index contributed by atoms with van der Waals surface area (Å²) in [7, 11) is 0. The lowest BCUT2D eigenvalue weighted by atomic mass is 9.89. The molecule has 0 bridgehead atoms. The monoisotopic (exact) mass is 336 g/mol. The predicted molar refractivity (Wildman–Crippen MR) is 91.2 cm³/mol. The molecule has 0 N–H and O–H groups in total. The maximum atomic E-state index is 13.2. The van der Waals surface area contributed by atoms with E-state index in [0.717, 1.165) is 35.4 Å². The van der Waals surface area contributed by atoms with E-state index in [4.69, 9.17) is 4.98 Å². The van der Waals surface area contributed by atoms with Crippen molar-refractivity contribution in [2.45, 2.75) is 38.0 Å². The van der Waals surface area contributed by atoms with Gasteiger partial charge in [-0.25, -0.2) is 23.6 Å². The van der Waals surface area contributed by atoms with Gasteiger partial charge in [0.25, 0.3) is 0 Å². The third-order valence-electron chi connectivity index (χ3n) is 4.96. The summed E-state index contributed by atoms with van der Waals surface area (Å²) in [5.41, 5.74) is 2.24. The van der Waals surface area contributed by atoms with Crippen molar-refractivity contribution in [3.8, 4) is 5.69 Å². The van der Waals surface area contributed by atoms with Crippen LogP contribution in [0, 0.1) is 5.82 Å². The molecule has 0 saturated heterocycles. The highest BCUT2D eigenvalue weighted by Crippen LogP contribution is 2.31. The molecular weight excluding hydrogens is 319 g/mol. The summed E-state index contributed by atoms with van der Waals surface area (Å²) >= 11 is 0. The molecule has 1 aliphatic rings. The van der Waals surface area contributed by atoms with Crippen LogP contribution in [0.4, 0.5) is 4.39 Å². The van der Waals surface area contributed by atoms with E-state index < -0.39 is 0 Å². The standard InChI is InChI=1S/C18H17FN6/c19-13-6-8-14(9-7-13)25-17-15(10-21-25)18-22-16(23-24(18)11-20-17)12-4-2-1-3-5-12/h6-12H,1-5H2. The van der Waals surface area contributed by atoms with Crippen molar-refractivity contribution in [2.75, 3.05) is 0 Å². The Morgan fingerprint density at radius 2 is 1.80 bits per heavy atom. The summed E-state index contributed by atoms with van der Waals surface area (Å²) in [5, 5.41) is 9.90. The average molecular weight is 336 g/mol. The van der Waals surface area contributed by atoms with E-state index in [9.17, 15) is 4.39 Å². The van der Waals surface area contributed by atoms with Crippen LogP contribution in [0.2, 0.25) is 0 Å². The van der Waals surface area contributed by atoms with Crippen molar-refractivity contribution < 1.29 is 4.39 Å². The molecule has 6 nitrogen and oxygen atoms in total. The average Bonchev–Trinajstić information content (AvgIpc) is 3.27. The van der Waals surface area contributed by atoms with Crippen molar-refractivity contribution in [3.63, 3.8) is 0 Å². The smallest absolute Gasteiger partial charge is 0.170 e. The number of halogens is 1. The van der Waals surface area contributed by atoms with E-state index in [1.165, 1.54) is 31.4 Å². The molecule has 0 amide bonds. The fourth-order valence-corrected chi connectivity index (χ4v) is 3.64. The van der Waals surface area contributed by atoms with Crippen LogP contribution in [0.15, 0.2) is 36.8 Å². The Balaban J connectivity index is 1.63. The maximum absolute atomic E-state index is 13.2. The SMILES string of the molecule is Fc1ccc(-n2ncc3c2ncn2nc(C4CCCCC4)nc32)cc1. The molecule has 1 saturated carbocycles. The van der Waals surface area contributed by atoms with Crippen LogP contribution < -0.4 is 0 Å². The van der Waals surface area contributed by atoms with Gasteiger partial charge < -0.3 is 0 Å². The summed E-state index contributed by atoms with van der Waals surface area (Å²) < 4.78 is 16.6. The third kappa shape index (κ3) is 2.38. The Bertz CT molecular complexity index is 1040.